The lowest BCUT2D eigenvalue weighted by atomic mass is 9.97. The van der Waals surface area contributed by atoms with Crippen LogP contribution in [-0.2, 0) is 0 Å². The normalized spacial score (nSPS) is 10.2. The number of carboxylic acids is 2. The number of hydrogen-bond acceptors (Lipinski definition) is 4. The minimum Gasteiger partial charge on any atom is -0.504 e. The highest BCUT2D eigenvalue weighted by Gasteiger charge is 2.20. The van der Waals surface area contributed by atoms with Crippen molar-refractivity contribution in [2.75, 3.05) is 0 Å². The van der Waals surface area contributed by atoms with Crippen LogP contribution in [0.15, 0.2) is 36.4 Å². The highest BCUT2D eigenvalue weighted by atomic mass is 16.4. The van der Waals surface area contributed by atoms with Crippen molar-refractivity contribution in [1.29, 1.82) is 0 Å². The van der Waals surface area contributed by atoms with E-state index in [0.29, 0.717) is 0 Å². The summed E-state index contributed by atoms with van der Waals surface area (Å²) in [6, 6.07) is 8.25. The fourth-order valence-corrected chi connectivity index (χ4v) is 1.87. The van der Waals surface area contributed by atoms with Crippen LogP contribution in [0.25, 0.3) is 11.1 Å². The van der Waals surface area contributed by atoms with Gasteiger partial charge in [-0.1, -0.05) is 18.2 Å². The molecule has 2 aromatic rings. The van der Waals surface area contributed by atoms with E-state index in [1.165, 1.54) is 24.3 Å². The van der Waals surface area contributed by atoms with Crippen LogP contribution < -0.4 is 0 Å². The second kappa shape index (κ2) is 4.93. The second-order valence-electron chi connectivity index (χ2n) is 4.01. The molecule has 6 nitrogen and oxygen atoms in total. The third-order valence-electron chi connectivity index (χ3n) is 2.83. The Kier molecular flexibility index (Phi) is 3.30. The number of carboxylic acid groups (broad SMARTS) is 2. The summed E-state index contributed by atoms with van der Waals surface area (Å²) in [6.07, 6.45) is 0. The summed E-state index contributed by atoms with van der Waals surface area (Å²) >= 11 is 0. The van der Waals surface area contributed by atoms with E-state index in [9.17, 15) is 19.8 Å². The average Bonchev–Trinajstić information content (AvgIpc) is 2.41. The number of phenols is 2. The first-order valence-electron chi connectivity index (χ1n) is 5.54. The molecule has 102 valence electrons. The van der Waals surface area contributed by atoms with Crippen molar-refractivity contribution in [1.82, 2.24) is 0 Å². The maximum atomic E-state index is 11.1. The Labute approximate surface area is 113 Å². The smallest absolute Gasteiger partial charge is 0.339 e. The maximum absolute atomic E-state index is 11.1. The molecule has 4 N–H and O–H groups in total. The zero-order valence-corrected chi connectivity index (χ0v) is 10.1. The molecular formula is C14H10O6. The fraction of sp³-hybridized carbons (Fsp3) is 0. The minimum absolute atomic E-state index is 0.0468. The Bertz CT molecular complexity index is 705. The quantitative estimate of drug-likeness (QED) is 0.637. The van der Waals surface area contributed by atoms with Gasteiger partial charge >= 0.3 is 11.9 Å². The largest absolute Gasteiger partial charge is 0.504 e. The molecule has 2 rings (SSSR count). The van der Waals surface area contributed by atoms with Gasteiger partial charge in [0.1, 0.15) is 5.56 Å². The van der Waals surface area contributed by atoms with Crippen LogP contribution in [0.1, 0.15) is 20.7 Å². The molecule has 20 heavy (non-hydrogen) atoms. The van der Waals surface area contributed by atoms with E-state index in [4.69, 9.17) is 10.2 Å². The SMILES string of the molecule is O=C(O)c1ccccc1-c1ccc(C(=O)O)c(O)c1O. The van der Waals surface area contributed by atoms with Crippen LogP contribution in [-0.4, -0.2) is 32.4 Å². The Hall–Kier alpha value is -3.02. The average molecular weight is 274 g/mol. The van der Waals surface area contributed by atoms with Gasteiger partial charge in [0, 0.05) is 11.1 Å². The summed E-state index contributed by atoms with van der Waals surface area (Å²) in [5, 5.41) is 37.5. The Balaban J connectivity index is 2.69. The molecule has 0 saturated heterocycles. The van der Waals surface area contributed by atoms with Crippen LogP contribution in [0, 0.1) is 0 Å². The van der Waals surface area contributed by atoms with Gasteiger partial charge in [-0.2, -0.15) is 0 Å². The van der Waals surface area contributed by atoms with E-state index in [1.807, 2.05) is 0 Å². The molecule has 0 amide bonds. The lowest BCUT2D eigenvalue weighted by molar-refractivity contribution is 0.0683. The van der Waals surface area contributed by atoms with Crippen molar-refractivity contribution < 1.29 is 30.0 Å². The Morgan fingerprint density at radius 3 is 1.90 bits per heavy atom. The van der Waals surface area contributed by atoms with Gasteiger partial charge in [-0.05, 0) is 18.2 Å². The number of benzene rings is 2. The molecule has 0 aromatic heterocycles. The van der Waals surface area contributed by atoms with Gasteiger partial charge in [-0.15, -0.1) is 0 Å². The molecule has 0 spiro atoms. The number of carbonyl (C=O) groups is 2. The Morgan fingerprint density at radius 1 is 0.700 bits per heavy atom. The van der Waals surface area contributed by atoms with Crippen molar-refractivity contribution in [2.45, 2.75) is 0 Å². The van der Waals surface area contributed by atoms with E-state index in [0.717, 1.165) is 6.07 Å². The van der Waals surface area contributed by atoms with E-state index in [2.05, 4.69) is 0 Å². The number of hydrogen-bond donors (Lipinski definition) is 4. The van der Waals surface area contributed by atoms with Crippen molar-refractivity contribution in [2.24, 2.45) is 0 Å². The van der Waals surface area contributed by atoms with Gasteiger partial charge in [0.05, 0.1) is 5.56 Å². The van der Waals surface area contributed by atoms with Crippen LogP contribution in [0.4, 0.5) is 0 Å². The molecule has 0 aliphatic rings. The summed E-state index contributed by atoms with van der Waals surface area (Å²) in [7, 11) is 0. The first-order chi connectivity index (χ1) is 9.43. The number of aromatic hydroxyl groups is 2. The first kappa shape index (κ1) is 13.4. The molecule has 0 saturated carbocycles. The zero-order valence-electron chi connectivity index (χ0n) is 10.1. The highest BCUT2D eigenvalue weighted by Crippen LogP contribution is 2.40. The van der Waals surface area contributed by atoms with Gasteiger partial charge in [0.2, 0.25) is 0 Å². The third kappa shape index (κ3) is 2.14. The number of aromatic carboxylic acids is 2. The molecule has 0 aliphatic heterocycles. The molecule has 0 aliphatic carbocycles. The van der Waals surface area contributed by atoms with E-state index < -0.39 is 29.0 Å². The molecule has 0 atom stereocenters. The van der Waals surface area contributed by atoms with E-state index >= 15 is 0 Å². The topological polar surface area (TPSA) is 115 Å². The summed E-state index contributed by atoms with van der Waals surface area (Å²) < 4.78 is 0. The molecular weight excluding hydrogens is 264 g/mol. The van der Waals surface area contributed by atoms with Gasteiger partial charge in [-0.25, -0.2) is 9.59 Å². The van der Waals surface area contributed by atoms with Gasteiger partial charge in [0.25, 0.3) is 0 Å². The van der Waals surface area contributed by atoms with Gasteiger partial charge in [-0.3, -0.25) is 0 Å². The predicted octanol–water partition coefficient (Wildman–Crippen LogP) is 2.16. The summed E-state index contributed by atoms with van der Waals surface area (Å²) in [6.45, 7) is 0. The standard InChI is InChI=1S/C14H10O6/c15-11-8(5-6-10(12(11)16)14(19)20)7-3-1-2-4-9(7)13(17)18/h1-6,15-16H,(H,17,18)(H,19,20). The minimum atomic E-state index is -1.39. The molecule has 0 radical (unpaired) electrons. The third-order valence-corrected chi connectivity index (χ3v) is 2.83. The fourth-order valence-electron chi connectivity index (χ4n) is 1.87. The first-order valence-corrected chi connectivity index (χ1v) is 5.54. The van der Waals surface area contributed by atoms with Gasteiger partial charge < -0.3 is 20.4 Å². The maximum Gasteiger partial charge on any atom is 0.339 e. The molecule has 2 aromatic carbocycles. The van der Waals surface area contributed by atoms with Crippen LogP contribution in [0.5, 0.6) is 11.5 Å². The van der Waals surface area contributed by atoms with Crippen molar-refractivity contribution in [3.05, 3.63) is 47.5 Å². The Morgan fingerprint density at radius 2 is 1.30 bits per heavy atom. The summed E-state index contributed by atoms with van der Waals surface area (Å²) in [4.78, 5) is 22.0. The highest BCUT2D eigenvalue weighted by molar-refractivity contribution is 5.99. The molecule has 0 heterocycles. The van der Waals surface area contributed by atoms with Crippen molar-refractivity contribution in [3.8, 4) is 22.6 Å². The van der Waals surface area contributed by atoms with Crippen LogP contribution in [0.2, 0.25) is 0 Å². The van der Waals surface area contributed by atoms with Gasteiger partial charge in [0.15, 0.2) is 11.5 Å². The van der Waals surface area contributed by atoms with Crippen LogP contribution in [0.3, 0.4) is 0 Å². The number of rotatable bonds is 3. The van der Waals surface area contributed by atoms with Crippen molar-refractivity contribution >= 4 is 11.9 Å². The monoisotopic (exact) mass is 274 g/mol. The summed E-state index contributed by atoms with van der Waals surface area (Å²) in [5.41, 5.74) is -0.292. The second-order valence-corrected chi connectivity index (χ2v) is 4.01. The lowest BCUT2D eigenvalue weighted by Gasteiger charge is -2.10. The van der Waals surface area contributed by atoms with E-state index in [1.54, 1.807) is 6.07 Å². The van der Waals surface area contributed by atoms with Crippen molar-refractivity contribution in [3.63, 3.8) is 0 Å². The lowest BCUT2D eigenvalue weighted by Crippen LogP contribution is -2.01. The molecule has 0 unspecified atom stereocenters. The molecule has 0 bridgehead atoms. The molecule has 0 fully saturated rings. The number of phenolic OH excluding ortho intramolecular Hbond substituents is 1. The zero-order chi connectivity index (χ0) is 14.9. The molecule has 6 heteroatoms. The van der Waals surface area contributed by atoms with Crippen LogP contribution >= 0.6 is 0 Å². The van der Waals surface area contributed by atoms with E-state index in [-0.39, 0.29) is 16.7 Å². The predicted molar refractivity (Wildman–Crippen MR) is 69.1 cm³/mol. The summed E-state index contributed by atoms with van der Waals surface area (Å²) in [5.74, 6) is -4.05.